The highest BCUT2D eigenvalue weighted by Gasteiger charge is 2.26. The van der Waals surface area contributed by atoms with Crippen molar-refractivity contribution in [2.75, 3.05) is 57.4 Å². The summed E-state index contributed by atoms with van der Waals surface area (Å²) in [5, 5.41) is 3.43. The lowest BCUT2D eigenvalue weighted by atomic mass is 10.2. The van der Waals surface area contributed by atoms with Crippen molar-refractivity contribution in [3.63, 3.8) is 0 Å². The highest BCUT2D eigenvalue weighted by atomic mass is 32.2. The fraction of sp³-hybridized carbons (Fsp3) is 0.286. The first-order valence-corrected chi connectivity index (χ1v) is 14.0. The number of piperazine rings is 1. The van der Waals surface area contributed by atoms with Gasteiger partial charge in [-0.15, -0.1) is 0 Å². The molecule has 2 saturated heterocycles. The zero-order valence-electron chi connectivity index (χ0n) is 21.3. The monoisotopic (exact) mass is 563 g/mol. The SMILES string of the molecule is O=C(NC(=Cc1ccc(SC(=S)N2CCOCC2)o1)C(=O)N1CCN(c2ccncc2)CC1)c1ccccc1. The number of morpholine rings is 1. The Balaban J connectivity index is 1.30. The first-order valence-electron chi connectivity index (χ1n) is 12.7. The van der Waals surface area contributed by atoms with E-state index >= 15 is 0 Å². The van der Waals surface area contributed by atoms with Crippen LogP contribution in [0.25, 0.3) is 6.08 Å². The molecule has 0 unspecified atom stereocenters. The van der Waals surface area contributed by atoms with E-state index in [9.17, 15) is 9.59 Å². The molecule has 11 heteroatoms. The van der Waals surface area contributed by atoms with E-state index in [1.54, 1.807) is 53.7 Å². The highest BCUT2D eigenvalue weighted by molar-refractivity contribution is 8.22. The number of benzene rings is 1. The lowest BCUT2D eigenvalue weighted by Crippen LogP contribution is -2.50. The van der Waals surface area contributed by atoms with Crippen LogP contribution in [0, 0.1) is 0 Å². The number of thiocarbonyl (C=S) groups is 1. The second-order valence-corrected chi connectivity index (χ2v) is 10.6. The summed E-state index contributed by atoms with van der Waals surface area (Å²) in [7, 11) is 0. The molecular formula is C28H29N5O4S2. The molecule has 2 fully saturated rings. The van der Waals surface area contributed by atoms with Gasteiger partial charge in [-0.2, -0.15) is 0 Å². The van der Waals surface area contributed by atoms with Crippen molar-refractivity contribution in [1.82, 2.24) is 20.1 Å². The number of hydrogen-bond donors (Lipinski definition) is 1. The molecule has 0 radical (unpaired) electrons. The molecule has 4 heterocycles. The molecule has 2 aliphatic heterocycles. The molecule has 2 amide bonds. The Hall–Kier alpha value is -3.67. The third kappa shape index (κ3) is 7.05. The minimum atomic E-state index is -0.361. The molecule has 3 aromatic rings. The quantitative estimate of drug-likeness (QED) is 0.275. The molecule has 1 N–H and O–H groups in total. The van der Waals surface area contributed by atoms with E-state index in [2.05, 4.69) is 20.1 Å². The van der Waals surface area contributed by atoms with Crippen molar-refractivity contribution in [3.05, 3.63) is 84.0 Å². The van der Waals surface area contributed by atoms with E-state index in [0.717, 1.165) is 18.8 Å². The van der Waals surface area contributed by atoms with Gasteiger partial charge >= 0.3 is 0 Å². The predicted octanol–water partition coefficient (Wildman–Crippen LogP) is 3.50. The molecule has 2 aromatic heterocycles. The molecule has 1 aromatic carbocycles. The molecule has 39 heavy (non-hydrogen) atoms. The van der Waals surface area contributed by atoms with Crippen molar-refractivity contribution in [1.29, 1.82) is 0 Å². The number of hydrogen-bond acceptors (Lipinski definition) is 8. The number of carbonyl (C=O) groups is 2. The van der Waals surface area contributed by atoms with E-state index < -0.39 is 0 Å². The number of nitrogens with one attached hydrogen (secondary N) is 1. The van der Waals surface area contributed by atoms with Crippen LogP contribution in [-0.4, -0.2) is 83.4 Å². The molecule has 9 nitrogen and oxygen atoms in total. The average molecular weight is 564 g/mol. The van der Waals surface area contributed by atoms with Crippen molar-refractivity contribution < 1.29 is 18.7 Å². The van der Waals surface area contributed by atoms with Crippen LogP contribution in [0.5, 0.6) is 0 Å². The number of carbonyl (C=O) groups excluding carboxylic acids is 2. The van der Waals surface area contributed by atoms with Crippen LogP contribution in [0.3, 0.4) is 0 Å². The Morgan fingerprint density at radius 2 is 1.62 bits per heavy atom. The summed E-state index contributed by atoms with van der Waals surface area (Å²) in [6.45, 7) is 5.19. The second kappa shape index (κ2) is 12.9. The van der Waals surface area contributed by atoms with Gasteiger partial charge in [0.25, 0.3) is 11.8 Å². The summed E-state index contributed by atoms with van der Waals surface area (Å²) in [5.74, 6) is -0.169. The maximum Gasteiger partial charge on any atom is 0.270 e. The molecule has 0 aliphatic carbocycles. The lowest BCUT2D eigenvalue weighted by Gasteiger charge is -2.36. The molecule has 0 atom stereocenters. The Morgan fingerprint density at radius 1 is 0.897 bits per heavy atom. The number of nitrogens with zero attached hydrogens (tertiary/aromatic N) is 4. The second-order valence-electron chi connectivity index (χ2n) is 8.99. The summed E-state index contributed by atoms with van der Waals surface area (Å²) in [5.41, 5.74) is 1.69. The zero-order chi connectivity index (χ0) is 27.0. The van der Waals surface area contributed by atoms with Gasteiger partial charge in [0, 0.05) is 69.0 Å². The van der Waals surface area contributed by atoms with Crippen molar-refractivity contribution >= 4 is 51.9 Å². The van der Waals surface area contributed by atoms with Crippen LogP contribution in [0.2, 0.25) is 0 Å². The zero-order valence-corrected chi connectivity index (χ0v) is 23.0. The van der Waals surface area contributed by atoms with Crippen LogP contribution in [0.4, 0.5) is 5.69 Å². The summed E-state index contributed by atoms with van der Waals surface area (Å²) >= 11 is 6.93. The lowest BCUT2D eigenvalue weighted by molar-refractivity contribution is -0.127. The third-order valence-electron chi connectivity index (χ3n) is 6.46. The van der Waals surface area contributed by atoms with Gasteiger partial charge in [0.2, 0.25) is 0 Å². The maximum absolute atomic E-state index is 13.6. The number of thioether (sulfide) groups is 1. The number of amides is 2. The van der Waals surface area contributed by atoms with Gasteiger partial charge in [-0.05, 0) is 48.2 Å². The van der Waals surface area contributed by atoms with Crippen molar-refractivity contribution in [3.8, 4) is 0 Å². The number of rotatable bonds is 6. The van der Waals surface area contributed by atoms with Crippen LogP contribution in [-0.2, 0) is 9.53 Å². The molecule has 2 aliphatic rings. The van der Waals surface area contributed by atoms with Crippen LogP contribution in [0.1, 0.15) is 16.1 Å². The van der Waals surface area contributed by atoms with Gasteiger partial charge < -0.3 is 29.2 Å². The summed E-state index contributed by atoms with van der Waals surface area (Å²) in [4.78, 5) is 36.7. The van der Waals surface area contributed by atoms with Gasteiger partial charge in [-0.25, -0.2) is 0 Å². The molecule has 0 spiro atoms. The molecular weight excluding hydrogens is 534 g/mol. The minimum absolute atomic E-state index is 0.155. The highest BCUT2D eigenvalue weighted by Crippen LogP contribution is 2.26. The van der Waals surface area contributed by atoms with Crippen LogP contribution in [0.15, 0.2) is 82.2 Å². The van der Waals surface area contributed by atoms with E-state index in [-0.39, 0.29) is 17.5 Å². The number of furan rings is 1. The van der Waals surface area contributed by atoms with E-state index in [4.69, 9.17) is 21.4 Å². The molecule has 0 saturated carbocycles. The molecule has 202 valence electrons. The first kappa shape index (κ1) is 26.9. The number of aromatic nitrogens is 1. The van der Waals surface area contributed by atoms with Gasteiger partial charge in [0.15, 0.2) is 5.09 Å². The largest absolute Gasteiger partial charge is 0.450 e. The average Bonchev–Trinajstić information content (AvgIpc) is 3.44. The minimum Gasteiger partial charge on any atom is -0.450 e. The van der Waals surface area contributed by atoms with E-state index in [1.165, 1.54) is 11.8 Å². The Kier molecular flexibility index (Phi) is 8.92. The standard InChI is InChI=1S/C28H29N5O4S2/c34-26(21-4-2-1-3-5-21)30-24(27(35)32-14-12-31(13-15-32)22-8-10-29-11-9-22)20-23-6-7-25(37-23)39-28(38)33-16-18-36-19-17-33/h1-11,20H,12-19H2,(H,30,34). The topological polar surface area (TPSA) is 91.1 Å². The van der Waals surface area contributed by atoms with Crippen molar-refractivity contribution in [2.45, 2.75) is 5.09 Å². The van der Waals surface area contributed by atoms with Crippen LogP contribution < -0.4 is 10.2 Å². The number of ether oxygens (including phenoxy) is 1. The summed E-state index contributed by atoms with van der Waals surface area (Å²) < 4.78 is 12.1. The smallest absolute Gasteiger partial charge is 0.270 e. The van der Waals surface area contributed by atoms with Crippen LogP contribution >= 0.6 is 24.0 Å². The van der Waals surface area contributed by atoms with Crippen molar-refractivity contribution in [2.24, 2.45) is 0 Å². The third-order valence-corrected chi connectivity index (χ3v) is 7.82. The Bertz CT molecular complexity index is 1320. The Morgan fingerprint density at radius 3 is 2.33 bits per heavy atom. The number of anilines is 1. The fourth-order valence-electron chi connectivity index (χ4n) is 4.33. The van der Waals surface area contributed by atoms with Gasteiger partial charge in [-0.1, -0.05) is 30.4 Å². The molecule has 0 bridgehead atoms. The normalized spacial score (nSPS) is 16.2. The predicted molar refractivity (Wildman–Crippen MR) is 154 cm³/mol. The first-order chi connectivity index (χ1) is 19.1. The van der Waals surface area contributed by atoms with Gasteiger partial charge in [-0.3, -0.25) is 14.6 Å². The summed E-state index contributed by atoms with van der Waals surface area (Å²) in [6, 6.07) is 16.3. The fourth-order valence-corrected chi connectivity index (χ4v) is 5.52. The Labute approximate surface area is 236 Å². The van der Waals surface area contributed by atoms with E-state index in [1.807, 2.05) is 24.3 Å². The molecule has 5 rings (SSSR count). The summed E-state index contributed by atoms with van der Waals surface area (Å²) in [6.07, 6.45) is 5.10. The van der Waals surface area contributed by atoms with Gasteiger partial charge in [0.1, 0.15) is 15.8 Å². The maximum atomic E-state index is 13.6. The van der Waals surface area contributed by atoms with Gasteiger partial charge in [0.05, 0.1) is 13.2 Å². The van der Waals surface area contributed by atoms with E-state index in [0.29, 0.717) is 60.1 Å². The number of pyridine rings is 1.